The van der Waals surface area contributed by atoms with Crippen molar-refractivity contribution in [2.75, 3.05) is 5.43 Å². The van der Waals surface area contributed by atoms with Crippen molar-refractivity contribution in [2.45, 2.75) is 19.8 Å². The summed E-state index contributed by atoms with van der Waals surface area (Å²) in [6.07, 6.45) is 1.93. The molecule has 0 bridgehead atoms. The topological polar surface area (TPSA) is 24.4 Å². The van der Waals surface area contributed by atoms with Gasteiger partial charge in [-0.3, -0.25) is 5.43 Å². The summed E-state index contributed by atoms with van der Waals surface area (Å²) in [6, 6.07) is 16.8. The van der Waals surface area contributed by atoms with E-state index >= 15 is 0 Å². The van der Waals surface area contributed by atoms with Crippen molar-refractivity contribution in [1.29, 1.82) is 0 Å². The van der Waals surface area contributed by atoms with E-state index in [1.165, 1.54) is 22.4 Å². The highest BCUT2D eigenvalue weighted by Gasteiger charge is 2.15. The fourth-order valence-corrected chi connectivity index (χ4v) is 2.26. The van der Waals surface area contributed by atoms with E-state index in [1.807, 2.05) is 0 Å². The second kappa shape index (κ2) is 4.65. The average Bonchev–Trinajstić information content (AvgIpc) is 2.81. The monoisotopic (exact) mass is 236 g/mol. The molecule has 2 aromatic rings. The molecule has 0 aliphatic heterocycles. The molecule has 1 aliphatic rings. The average molecular weight is 236 g/mol. The fourth-order valence-electron chi connectivity index (χ4n) is 2.26. The Morgan fingerprint density at radius 1 is 0.889 bits per heavy atom. The van der Waals surface area contributed by atoms with Gasteiger partial charge in [-0.1, -0.05) is 42.0 Å². The lowest BCUT2D eigenvalue weighted by Crippen LogP contribution is -2.01. The number of nitrogens with one attached hydrogen (secondary N) is 1. The van der Waals surface area contributed by atoms with Gasteiger partial charge in [-0.15, -0.1) is 0 Å². The maximum atomic E-state index is 4.50. The Kier molecular flexibility index (Phi) is 2.85. The number of benzene rings is 2. The van der Waals surface area contributed by atoms with E-state index in [1.54, 1.807) is 0 Å². The summed E-state index contributed by atoms with van der Waals surface area (Å²) < 4.78 is 0. The van der Waals surface area contributed by atoms with Gasteiger partial charge in [-0.05, 0) is 30.2 Å². The van der Waals surface area contributed by atoms with Crippen molar-refractivity contribution in [3.05, 3.63) is 65.2 Å². The van der Waals surface area contributed by atoms with E-state index in [-0.39, 0.29) is 0 Å². The summed E-state index contributed by atoms with van der Waals surface area (Å²) in [7, 11) is 0. The van der Waals surface area contributed by atoms with Crippen molar-refractivity contribution in [3.63, 3.8) is 0 Å². The first kappa shape index (κ1) is 11.0. The Bertz CT molecular complexity index is 555. The van der Waals surface area contributed by atoms with Crippen LogP contribution in [0, 0.1) is 6.92 Å². The Morgan fingerprint density at radius 3 is 2.11 bits per heavy atom. The largest absolute Gasteiger partial charge is 0.279 e. The molecular formula is C16H16N2. The van der Waals surface area contributed by atoms with E-state index < -0.39 is 0 Å². The summed E-state index contributed by atoms with van der Waals surface area (Å²) >= 11 is 0. The minimum absolute atomic E-state index is 0.967. The van der Waals surface area contributed by atoms with Gasteiger partial charge in [0.05, 0.1) is 5.69 Å². The number of fused-ring (bicyclic) bond motifs is 1. The van der Waals surface area contributed by atoms with Crippen LogP contribution in [0.2, 0.25) is 0 Å². The lowest BCUT2D eigenvalue weighted by molar-refractivity contribution is 1.26. The second-order valence-corrected chi connectivity index (χ2v) is 4.78. The number of nitrogens with zero attached hydrogens (tertiary/aromatic N) is 1. The molecule has 0 spiro atoms. The minimum atomic E-state index is 0.967. The van der Waals surface area contributed by atoms with Gasteiger partial charge in [0.1, 0.15) is 0 Å². The number of hydrazone groups is 1. The lowest BCUT2D eigenvalue weighted by Gasteiger charge is -2.02. The van der Waals surface area contributed by atoms with E-state index in [9.17, 15) is 0 Å². The molecule has 0 saturated carbocycles. The molecule has 2 nitrogen and oxygen atoms in total. The van der Waals surface area contributed by atoms with Crippen LogP contribution in [0.25, 0.3) is 0 Å². The molecule has 18 heavy (non-hydrogen) atoms. The van der Waals surface area contributed by atoms with Gasteiger partial charge >= 0.3 is 0 Å². The molecule has 0 heterocycles. The maximum absolute atomic E-state index is 4.50. The van der Waals surface area contributed by atoms with E-state index in [4.69, 9.17) is 0 Å². The number of rotatable bonds is 2. The molecule has 90 valence electrons. The van der Waals surface area contributed by atoms with Crippen LogP contribution < -0.4 is 5.43 Å². The SMILES string of the molecule is Cc1ccc(NN=C2Cc3ccccc3C2)cc1. The fraction of sp³-hybridized carbons (Fsp3) is 0.188. The highest BCUT2D eigenvalue weighted by atomic mass is 15.3. The summed E-state index contributed by atoms with van der Waals surface area (Å²) in [5.74, 6) is 0. The number of anilines is 1. The maximum Gasteiger partial charge on any atom is 0.0561 e. The van der Waals surface area contributed by atoms with Gasteiger partial charge in [-0.2, -0.15) is 5.10 Å². The van der Waals surface area contributed by atoms with Crippen molar-refractivity contribution in [1.82, 2.24) is 0 Å². The van der Waals surface area contributed by atoms with Crippen LogP contribution in [0.1, 0.15) is 16.7 Å². The third-order valence-corrected chi connectivity index (χ3v) is 3.30. The molecule has 1 N–H and O–H groups in total. The molecule has 1 aliphatic carbocycles. The third-order valence-electron chi connectivity index (χ3n) is 3.30. The Morgan fingerprint density at radius 2 is 1.50 bits per heavy atom. The Labute approximate surface area is 107 Å². The van der Waals surface area contributed by atoms with Crippen LogP contribution in [-0.4, -0.2) is 5.71 Å². The highest BCUT2D eigenvalue weighted by molar-refractivity contribution is 5.93. The zero-order chi connectivity index (χ0) is 12.4. The predicted octanol–water partition coefficient (Wildman–Crippen LogP) is 3.56. The molecule has 0 saturated heterocycles. The number of hydrogen-bond acceptors (Lipinski definition) is 2. The van der Waals surface area contributed by atoms with Gasteiger partial charge in [0.2, 0.25) is 0 Å². The normalized spacial score (nSPS) is 13.3. The standard InChI is InChI=1S/C16H16N2/c1-12-6-8-15(9-7-12)17-18-16-10-13-4-2-3-5-14(13)11-16/h2-9,17H,10-11H2,1H3. The van der Waals surface area contributed by atoms with E-state index in [2.05, 4.69) is 66.0 Å². The summed E-state index contributed by atoms with van der Waals surface area (Å²) in [4.78, 5) is 0. The zero-order valence-corrected chi connectivity index (χ0v) is 10.5. The molecule has 0 fully saturated rings. The quantitative estimate of drug-likeness (QED) is 0.792. The molecular weight excluding hydrogens is 220 g/mol. The van der Waals surface area contributed by atoms with Crippen LogP contribution in [0.3, 0.4) is 0 Å². The molecule has 2 aromatic carbocycles. The Hall–Kier alpha value is -2.09. The van der Waals surface area contributed by atoms with Crippen LogP contribution in [0.5, 0.6) is 0 Å². The predicted molar refractivity (Wildman–Crippen MR) is 76.1 cm³/mol. The number of hydrogen-bond donors (Lipinski definition) is 1. The first-order chi connectivity index (χ1) is 8.81. The van der Waals surface area contributed by atoms with E-state index in [0.717, 1.165) is 18.5 Å². The summed E-state index contributed by atoms with van der Waals surface area (Å²) in [6.45, 7) is 2.09. The molecule has 2 heteroatoms. The van der Waals surface area contributed by atoms with Crippen LogP contribution in [-0.2, 0) is 12.8 Å². The van der Waals surface area contributed by atoms with Crippen molar-refractivity contribution in [2.24, 2.45) is 5.10 Å². The minimum Gasteiger partial charge on any atom is -0.279 e. The summed E-state index contributed by atoms with van der Waals surface area (Å²) in [5.41, 5.74) is 9.46. The molecule has 0 radical (unpaired) electrons. The van der Waals surface area contributed by atoms with Gasteiger partial charge in [-0.25, -0.2) is 0 Å². The molecule has 0 aromatic heterocycles. The molecule has 0 unspecified atom stereocenters. The van der Waals surface area contributed by atoms with Crippen molar-refractivity contribution >= 4 is 11.4 Å². The molecule has 0 amide bonds. The molecule has 3 rings (SSSR count). The second-order valence-electron chi connectivity index (χ2n) is 4.78. The number of aryl methyl sites for hydroxylation is 1. The van der Waals surface area contributed by atoms with Crippen LogP contribution >= 0.6 is 0 Å². The van der Waals surface area contributed by atoms with Crippen LogP contribution in [0.15, 0.2) is 53.6 Å². The van der Waals surface area contributed by atoms with Gasteiger partial charge in [0.15, 0.2) is 0 Å². The third kappa shape index (κ3) is 2.28. The first-order valence-electron chi connectivity index (χ1n) is 6.26. The van der Waals surface area contributed by atoms with Gasteiger partial charge in [0.25, 0.3) is 0 Å². The van der Waals surface area contributed by atoms with Crippen LogP contribution in [0.4, 0.5) is 5.69 Å². The summed E-state index contributed by atoms with van der Waals surface area (Å²) in [5, 5.41) is 4.50. The van der Waals surface area contributed by atoms with Gasteiger partial charge in [0, 0.05) is 18.6 Å². The lowest BCUT2D eigenvalue weighted by atomic mass is 10.1. The van der Waals surface area contributed by atoms with E-state index in [0.29, 0.717) is 0 Å². The molecule has 0 atom stereocenters. The first-order valence-corrected chi connectivity index (χ1v) is 6.26. The van der Waals surface area contributed by atoms with Crippen molar-refractivity contribution < 1.29 is 0 Å². The Balaban J connectivity index is 1.71. The highest BCUT2D eigenvalue weighted by Crippen LogP contribution is 2.20. The smallest absolute Gasteiger partial charge is 0.0561 e. The zero-order valence-electron chi connectivity index (χ0n) is 10.5. The van der Waals surface area contributed by atoms with Gasteiger partial charge < -0.3 is 0 Å². The van der Waals surface area contributed by atoms with Crippen molar-refractivity contribution in [3.8, 4) is 0 Å².